The number of aliphatic hydroxyl groups excluding tert-OH is 1. The molecule has 0 aliphatic carbocycles. The second-order valence-electron chi connectivity index (χ2n) is 6.94. The van der Waals surface area contributed by atoms with Gasteiger partial charge in [-0.05, 0) is 56.9 Å². The van der Waals surface area contributed by atoms with Crippen LogP contribution in [-0.4, -0.2) is 58.8 Å². The fraction of sp³-hybridized carbons (Fsp3) is 0.286. The van der Waals surface area contributed by atoms with Crippen LogP contribution < -0.4 is 0 Å². The highest BCUT2D eigenvalue weighted by molar-refractivity contribution is 6.46. The zero-order valence-electron chi connectivity index (χ0n) is 15.8. The minimum Gasteiger partial charge on any atom is -0.507 e. The number of amides is 1. The fourth-order valence-electron chi connectivity index (χ4n) is 3.32. The summed E-state index contributed by atoms with van der Waals surface area (Å²) in [4.78, 5) is 33.1. The number of hydrogen-bond donors (Lipinski definition) is 1. The van der Waals surface area contributed by atoms with Crippen LogP contribution >= 0.6 is 11.6 Å². The Morgan fingerprint density at radius 2 is 1.79 bits per heavy atom. The lowest BCUT2D eigenvalue weighted by molar-refractivity contribution is -0.139. The van der Waals surface area contributed by atoms with Crippen molar-refractivity contribution in [2.45, 2.75) is 12.5 Å². The van der Waals surface area contributed by atoms with Crippen LogP contribution in [0.15, 0.2) is 54.4 Å². The molecular weight excluding hydrogens is 378 g/mol. The third kappa shape index (κ3) is 4.08. The van der Waals surface area contributed by atoms with Crippen LogP contribution in [0.4, 0.5) is 0 Å². The molecule has 0 bridgehead atoms. The SMILES string of the molecule is CN(C)CCCN1C(=O)C(=O)/C(=C(/O)c2ccncc2)[C@@H]1c1ccc(Cl)cc1. The molecule has 1 aromatic carbocycles. The monoisotopic (exact) mass is 399 g/mol. The summed E-state index contributed by atoms with van der Waals surface area (Å²) in [6.45, 7) is 1.18. The number of carbonyl (C=O) groups excluding carboxylic acids is 2. The number of aromatic nitrogens is 1. The summed E-state index contributed by atoms with van der Waals surface area (Å²) >= 11 is 6.00. The van der Waals surface area contributed by atoms with Gasteiger partial charge in [0.1, 0.15) is 5.76 Å². The third-order valence-electron chi connectivity index (χ3n) is 4.68. The van der Waals surface area contributed by atoms with Gasteiger partial charge in [0.15, 0.2) is 0 Å². The van der Waals surface area contributed by atoms with Crippen LogP contribution in [0.5, 0.6) is 0 Å². The Balaban J connectivity index is 2.07. The molecule has 146 valence electrons. The maximum Gasteiger partial charge on any atom is 0.295 e. The van der Waals surface area contributed by atoms with E-state index in [1.165, 1.54) is 17.3 Å². The van der Waals surface area contributed by atoms with E-state index in [-0.39, 0.29) is 11.3 Å². The molecule has 3 rings (SSSR count). The van der Waals surface area contributed by atoms with Crippen molar-refractivity contribution in [3.8, 4) is 0 Å². The van der Waals surface area contributed by atoms with Gasteiger partial charge < -0.3 is 14.9 Å². The molecule has 6 nitrogen and oxygen atoms in total. The highest BCUT2D eigenvalue weighted by atomic mass is 35.5. The normalized spacial score (nSPS) is 18.9. The average Bonchev–Trinajstić information content (AvgIpc) is 2.93. The average molecular weight is 400 g/mol. The molecule has 0 radical (unpaired) electrons. The van der Waals surface area contributed by atoms with Gasteiger partial charge >= 0.3 is 0 Å². The van der Waals surface area contributed by atoms with Gasteiger partial charge in [0.2, 0.25) is 0 Å². The van der Waals surface area contributed by atoms with E-state index >= 15 is 0 Å². The lowest BCUT2D eigenvalue weighted by Crippen LogP contribution is -2.32. The van der Waals surface area contributed by atoms with Crippen molar-refractivity contribution >= 4 is 29.1 Å². The number of rotatable bonds is 6. The van der Waals surface area contributed by atoms with Crippen molar-refractivity contribution in [1.82, 2.24) is 14.8 Å². The molecule has 2 heterocycles. The maximum atomic E-state index is 12.8. The van der Waals surface area contributed by atoms with Crippen molar-refractivity contribution in [2.24, 2.45) is 0 Å². The topological polar surface area (TPSA) is 73.7 Å². The number of ketones is 1. The summed E-state index contributed by atoms with van der Waals surface area (Å²) in [5.41, 5.74) is 1.26. The number of halogens is 1. The Kier molecular flexibility index (Phi) is 6.11. The van der Waals surface area contributed by atoms with Gasteiger partial charge in [0, 0.05) is 29.5 Å². The first kappa shape index (κ1) is 20.0. The van der Waals surface area contributed by atoms with E-state index in [0.717, 1.165) is 12.1 Å². The number of likely N-dealkylation sites (tertiary alicyclic amines) is 1. The van der Waals surface area contributed by atoms with Crippen molar-refractivity contribution in [1.29, 1.82) is 0 Å². The first-order valence-corrected chi connectivity index (χ1v) is 9.37. The van der Waals surface area contributed by atoms with Crippen LogP contribution in [0, 0.1) is 0 Å². The molecule has 0 spiro atoms. The van der Waals surface area contributed by atoms with E-state index in [1.54, 1.807) is 36.4 Å². The molecule has 0 saturated carbocycles. The van der Waals surface area contributed by atoms with Gasteiger partial charge in [0.25, 0.3) is 11.7 Å². The predicted molar refractivity (Wildman–Crippen MR) is 108 cm³/mol. The number of hydrogen-bond acceptors (Lipinski definition) is 5. The fourth-order valence-corrected chi connectivity index (χ4v) is 3.45. The lowest BCUT2D eigenvalue weighted by atomic mass is 9.95. The summed E-state index contributed by atoms with van der Waals surface area (Å²) in [7, 11) is 3.91. The first-order chi connectivity index (χ1) is 13.4. The number of pyridine rings is 1. The summed E-state index contributed by atoms with van der Waals surface area (Å²) in [5.74, 6) is -1.48. The molecular formula is C21H22ClN3O3. The van der Waals surface area contributed by atoms with Gasteiger partial charge in [-0.1, -0.05) is 23.7 Å². The van der Waals surface area contributed by atoms with Crippen LogP contribution in [0.2, 0.25) is 5.02 Å². The quantitative estimate of drug-likeness (QED) is 0.459. The van der Waals surface area contributed by atoms with Gasteiger partial charge in [-0.25, -0.2) is 0 Å². The maximum absolute atomic E-state index is 12.8. The zero-order valence-corrected chi connectivity index (χ0v) is 16.6. The van der Waals surface area contributed by atoms with Crippen molar-refractivity contribution in [2.75, 3.05) is 27.2 Å². The third-order valence-corrected chi connectivity index (χ3v) is 4.94. The Hall–Kier alpha value is -2.70. The molecule has 1 aliphatic heterocycles. The van der Waals surface area contributed by atoms with E-state index in [2.05, 4.69) is 4.98 Å². The molecule has 1 fully saturated rings. The number of nitrogens with zero attached hydrogens (tertiary/aromatic N) is 3. The molecule has 1 amide bonds. The van der Waals surface area contributed by atoms with E-state index in [9.17, 15) is 14.7 Å². The standard InChI is InChI=1S/C21H22ClN3O3/c1-24(2)12-3-13-25-18(14-4-6-16(22)7-5-14)17(20(27)21(25)28)19(26)15-8-10-23-11-9-15/h4-11,18,26H,3,12-13H2,1-2H3/b19-17+/t18-/m0/s1. The number of benzene rings is 1. The predicted octanol–water partition coefficient (Wildman–Crippen LogP) is 3.11. The van der Waals surface area contributed by atoms with E-state index in [0.29, 0.717) is 23.6 Å². The molecule has 1 aliphatic rings. The number of carbonyl (C=O) groups is 2. The van der Waals surface area contributed by atoms with Gasteiger partial charge in [-0.3, -0.25) is 14.6 Å². The van der Waals surface area contributed by atoms with Crippen LogP contribution in [0.1, 0.15) is 23.6 Å². The Labute approximate surface area is 169 Å². The highest BCUT2D eigenvalue weighted by Gasteiger charge is 2.45. The Morgan fingerprint density at radius 1 is 1.14 bits per heavy atom. The zero-order chi connectivity index (χ0) is 20.3. The first-order valence-electron chi connectivity index (χ1n) is 8.99. The number of Topliss-reactive ketones (excluding diaryl/α,β-unsaturated/α-hetero) is 1. The Morgan fingerprint density at radius 3 is 2.39 bits per heavy atom. The summed E-state index contributed by atoms with van der Waals surface area (Å²) in [5, 5.41) is 11.4. The van der Waals surface area contributed by atoms with E-state index in [1.807, 2.05) is 19.0 Å². The molecule has 7 heteroatoms. The summed E-state index contributed by atoms with van der Waals surface area (Å²) in [6.07, 6.45) is 3.76. The summed E-state index contributed by atoms with van der Waals surface area (Å²) < 4.78 is 0. The van der Waals surface area contributed by atoms with Crippen molar-refractivity contribution < 1.29 is 14.7 Å². The largest absolute Gasteiger partial charge is 0.507 e. The lowest BCUT2D eigenvalue weighted by Gasteiger charge is -2.26. The molecule has 1 aromatic heterocycles. The van der Waals surface area contributed by atoms with Gasteiger partial charge in [0.05, 0.1) is 11.6 Å². The second-order valence-corrected chi connectivity index (χ2v) is 7.37. The summed E-state index contributed by atoms with van der Waals surface area (Å²) in [6, 6.07) is 9.52. The van der Waals surface area contributed by atoms with Gasteiger partial charge in [-0.15, -0.1) is 0 Å². The van der Waals surface area contributed by atoms with E-state index in [4.69, 9.17) is 11.6 Å². The van der Waals surface area contributed by atoms with Crippen LogP contribution in [-0.2, 0) is 9.59 Å². The Bertz CT molecular complexity index is 895. The molecule has 1 atom stereocenters. The molecule has 28 heavy (non-hydrogen) atoms. The van der Waals surface area contributed by atoms with Gasteiger partial charge in [-0.2, -0.15) is 0 Å². The van der Waals surface area contributed by atoms with Crippen LogP contribution in [0.25, 0.3) is 5.76 Å². The molecule has 1 N–H and O–H groups in total. The molecule has 2 aromatic rings. The smallest absolute Gasteiger partial charge is 0.295 e. The number of aliphatic hydroxyl groups is 1. The molecule has 0 unspecified atom stereocenters. The second kappa shape index (κ2) is 8.54. The van der Waals surface area contributed by atoms with E-state index < -0.39 is 17.7 Å². The highest BCUT2D eigenvalue weighted by Crippen LogP contribution is 2.39. The van der Waals surface area contributed by atoms with Crippen molar-refractivity contribution in [3.63, 3.8) is 0 Å². The molecule has 1 saturated heterocycles. The van der Waals surface area contributed by atoms with Crippen LogP contribution in [0.3, 0.4) is 0 Å². The minimum absolute atomic E-state index is 0.0865. The minimum atomic E-state index is -0.681. The van der Waals surface area contributed by atoms with Crippen molar-refractivity contribution in [3.05, 3.63) is 70.5 Å².